The number of fused-ring (bicyclic) bond motifs is 3. The highest BCUT2D eigenvalue weighted by molar-refractivity contribution is 6.39. The second-order valence-corrected chi connectivity index (χ2v) is 4.22. The Morgan fingerprint density at radius 2 is 2.06 bits per heavy atom. The zero-order valence-corrected chi connectivity index (χ0v) is 8.92. The number of nitrogens with zero attached hydrogens (tertiary/aromatic N) is 1. The van der Waals surface area contributed by atoms with Crippen LogP contribution in [-0.2, 0) is 30.6 Å². The highest BCUT2D eigenvalue weighted by Gasteiger charge is 2.23. The van der Waals surface area contributed by atoms with Gasteiger partial charge in [-0.1, -0.05) is 12.2 Å². The van der Waals surface area contributed by atoms with Crippen LogP contribution in [0.2, 0.25) is 0 Å². The predicted molar refractivity (Wildman–Crippen MR) is 61.4 cm³/mol. The van der Waals surface area contributed by atoms with E-state index in [0.29, 0.717) is 18.7 Å². The largest absolute Gasteiger partial charge is 0.365 e. The standard InChI is InChI=1S/C12H13N3O/c13-12(16)10-5-8-7-3-1-2-4-9(7)15-11(8)6-14-10/h1-2,15H,3-6H2,(H2,13,16). The van der Waals surface area contributed by atoms with E-state index in [2.05, 4.69) is 22.1 Å². The first-order chi connectivity index (χ1) is 7.75. The Labute approximate surface area is 93.3 Å². The highest BCUT2D eigenvalue weighted by atomic mass is 16.1. The van der Waals surface area contributed by atoms with E-state index in [-0.39, 0.29) is 0 Å². The molecule has 0 saturated carbocycles. The normalized spacial score (nSPS) is 17.6. The molecule has 0 fully saturated rings. The molecular formula is C12H13N3O. The molecular weight excluding hydrogens is 202 g/mol. The number of nitrogens with two attached hydrogens (primary N) is 1. The van der Waals surface area contributed by atoms with Gasteiger partial charge in [-0.25, -0.2) is 0 Å². The monoisotopic (exact) mass is 215 g/mol. The van der Waals surface area contributed by atoms with Gasteiger partial charge in [0, 0.05) is 24.2 Å². The Hall–Kier alpha value is -1.84. The summed E-state index contributed by atoms with van der Waals surface area (Å²) in [5, 5.41) is 0. The van der Waals surface area contributed by atoms with Crippen molar-refractivity contribution in [2.75, 3.05) is 0 Å². The second kappa shape index (κ2) is 3.33. The quantitative estimate of drug-likeness (QED) is 0.663. The van der Waals surface area contributed by atoms with Crippen molar-refractivity contribution in [1.82, 2.24) is 4.98 Å². The summed E-state index contributed by atoms with van der Waals surface area (Å²) in [6.45, 7) is 0.556. The van der Waals surface area contributed by atoms with Crippen molar-refractivity contribution in [1.29, 1.82) is 0 Å². The van der Waals surface area contributed by atoms with Crippen molar-refractivity contribution < 1.29 is 4.79 Å². The maximum atomic E-state index is 11.1. The molecule has 0 radical (unpaired) electrons. The molecule has 16 heavy (non-hydrogen) atoms. The van der Waals surface area contributed by atoms with E-state index in [1.54, 1.807) is 0 Å². The zero-order valence-electron chi connectivity index (χ0n) is 8.92. The van der Waals surface area contributed by atoms with Crippen LogP contribution in [0.4, 0.5) is 0 Å². The molecule has 0 spiro atoms. The van der Waals surface area contributed by atoms with E-state index in [0.717, 1.165) is 18.5 Å². The number of aromatic amines is 1. The summed E-state index contributed by atoms with van der Waals surface area (Å²) in [5.41, 5.74) is 10.8. The molecule has 0 unspecified atom stereocenters. The Morgan fingerprint density at radius 3 is 2.88 bits per heavy atom. The fraction of sp³-hybridized carbons (Fsp3) is 0.333. The van der Waals surface area contributed by atoms with E-state index in [1.165, 1.54) is 16.8 Å². The number of hydrogen-bond donors (Lipinski definition) is 2. The number of carbonyl (C=O) groups excluding carboxylic acids is 1. The molecule has 0 bridgehead atoms. The lowest BCUT2D eigenvalue weighted by Crippen LogP contribution is -2.27. The fourth-order valence-corrected chi connectivity index (χ4v) is 2.43. The number of H-pyrrole nitrogens is 1. The summed E-state index contributed by atoms with van der Waals surface area (Å²) in [4.78, 5) is 18.7. The molecule has 3 rings (SSSR count). The van der Waals surface area contributed by atoms with Gasteiger partial charge in [-0.3, -0.25) is 9.79 Å². The van der Waals surface area contributed by atoms with Gasteiger partial charge in [-0.05, 0) is 17.5 Å². The summed E-state index contributed by atoms with van der Waals surface area (Å²) < 4.78 is 0. The van der Waals surface area contributed by atoms with Crippen LogP contribution >= 0.6 is 0 Å². The molecule has 1 aliphatic carbocycles. The second-order valence-electron chi connectivity index (χ2n) is 4.22. The van der Waals surface area contributed by atoms with Crippen LogP contribution in [0.3, 0.4) is 0 Å². The summed E-state index contributed by atoms with van der Waals surface area (Å²) in [5.74, 6) is -0.396. The molecule has 2 aliphatic rings. The van der Waals surface area contributed by atoms with Gasteiger partial charge >= 0.3 is 0 Å². The summed E-state index contributed by atoms with van der Waals surface area (Å²) in [7, 11) is 0. The first kappa shape index (κ1) is 9.39. The van der Waals surface area contributed by atoms with Gasteiger partial charge in [-0.15, -0.1) is 0 Å². The third kappa shape index (κ3) is 1.30. The molecule has 1 aromatic heterocycles. The van der Waals surface area contributed by atoms with Gasteiger partial charge in [0.2, 0.25) is 0 Å². The van der Waals surface area contributed by atoms with Crippen molar-refractivity contribution in [3.63, 3.8) is 0 Å². The first-order valence-electron chi connectivity index (χ1n) is 5.45. The van der Waals surface area contributed by atoms with Gasteiger partial charge < -0.3 is 10.7 Å². The third-order valence-electron chi connectivity index (χ3n) is 3.26. The van der Waals surface area contributed by atoms with Gasteiger partial charge in [0.25, 0.3) is 5.91 Å². The number of allylic oxidation sites excluding steroid dienone is 2. The summed E-state index contributed by atoms with van der Waals surface area (Å²) >= 11 is 0. The zero-order chi connectivity index (χ0) is 11.1. The van der Waals surface area contributed by atoms with E-state index < -0.39 is 5.91 Å². The maximum Gasteiger partial charge on any atom is 0.262 e. The van der Waals surface area contributed by atoms with Crippen LogP contribution in [0.25, 0.3) is 0 Å². The van der Waals surface area contributed by atoms with Crippen LogP contribution in [-0.4, -0.2) is 16.6 Å². The van der Waals surface area contributed by atoms with E-state index >= 15 is 0 Å². The summed E-state index contributed by atoms with van der Waals surface area (Å²) in [6.07, 6.45) is 6.83. The SMILES string of the molecule is NC(=O)C1=NCc2[nH]c3c(c2C1)CC=CC3. The third-order valence-corrected chi connectivity index (χ3v) is 3.26. The van der Waals surface area contributed by atoms with Crippen LogP contribution in [0.1, 0.15) is 22.5 Å². The number of rotatable bonds is 1. The Kier molecular flexibility index (Phi) is 1.96. The van der Waals surface area contributed by atoms with Crippen LogP contribution in [0.15, 0.2) is 17.1 Å². The average molecular weight is 215 g/mol. The molecule has 1 amide bonds. The summed E-state index contributed by atoms with van der Waals surface area (Å²) in [6, 6.07) is 0. The van der Waals surface area contributed by atoms with Crippen LogP contribution < -0.4 is 5.73 Å². The minimum Gasteiger partial charge on any atom is -0.365 e. The van der Waals surface area contributed by atoms with E-state index in [1.807, 2.05) is 0 Å². The van der Waals surface area contributed by atoms with E-state index in [9.17, 15) is 4.79 Å². The minimum atomic E-state index is -0.396. The van der Waals surface area contributed by atoms with Crippen LogP contribution in [0.5, 0.6) is 0 Å². The smallest absolute Gasteiger partial charge is 0.262 e. The molecule has 3 N–H and O–H groups in total. The number of amides is 1. The van der Waals surface area contributed by atoms with Gasteiger partial charge in [0.1, 0.15) is 5.71 Å². The molecule has 0 saturated heterocycles. The maximum absolute atomic E-state index is 11.1. The lowest BCUT2D eigenvalue weighted by Gasteiger charge is -2.12. The fourth-order valence-electron chi connectivity index (χ4n) is 2.43. The van der Waals surface area contributed by atoms with Crippen molar-refractivity contribution in [2.24, 2.45) is 10.7 Å². The molecule has 82 valence electrons. The molecule has 1 aromatic rings. The van der Waals surface area contributed by atoms with Crippen LogP contribution in [0, 0.1) is 0 Å². The van der Waals surface area contributed by atoms with Crippen molar-refractivity contribution in [2.45, 2.75) is 25.8 Å². The number of hydrogen-bond acceptors (Lipinski definition) is 2. The molecule has 1 aliphatic heterocycles. The Morgan fingerprint density at radius 1 is 1.25 bits per heavy atom. The highest BCUT2D eigenvalue weighted by Crippen LogP contribution is 2.27. The van der Waals surface area contributed by atoms with E-state index in [4.69, 9.17) is 5.73 Å². The number of aromatic nitrogens is 1. The van der Waals surface area contributed by atoms with Crippen molar-refractivity contribution in [3.05, 3.63) is 34.7 Å². The van der Waals surface area contributed by atoms with Gasteiger partial charge in [0.15, 0.2) is 0 Å². The Balaban J connectivity index is 2.01. The topological polar surface area (TPSA) is 71.2 Å². The molecule has 2 heterocycles. The lowest BCUT2D eigenvalue weighted by molar-refractivity contribution is -0.112. The minimum absolute atomic E-state index is 0.396. The number of primary amides is 1. The lowest BCUT2D eigenvalue weighted by atomic mass is 9.94. The van der Waals surface area contributed by atoms with Crippen molar-refractivity contribution >= 4 is 11.6 Å². The molecule has 4 nitrogen and oxygen atoms in total. The Bertz CT molecular complexity index is 523. The number of nitrogens with one attached hydrogen (secondary N) is 1. The van der Waals surface area contributed by atoms with Crippen molar-refractivity contribution in [3.8, 4) is 0 Å². The predicted octanol–water partition coefficient (Wildman–Crippen LogP) is 0.652. The van der Waals surface area contributed by atoms with Gasteiger partial charge in [0.05, 0.1) is 6.54 Å². The first-order valence-corrected chi connectivity index (χ1v) is 5.45. The van der Waals surface area contributed by atoms with Gasteiger partial charge in [-0.2, -0.15) is 0 Å². The molecule has 0 aromatic carbocycles. The average Bonchev–Trinajstić information content (AvgIpc) is 2.66. The molecule has 4 heteroatoms. The number of aliphatic imine (C=N–C) groups is 1. The molecule has 0 atom stereocenters. The number of carbonyl (C=O) groups is 1.